The Morgan fingerprint density at radius 3 is 2.62 bits per heavy atom. The van der Waals surface area contributed by atoms with Crippen molar-refractivity contribution in [3.8, 4) is 5.88 Å². The lowest BCUT2D eigenvalue weighted by molar-refractivity contribution is 0.102. The number of amides is 1. The first-order valence-electron chi connectivity index (χ1n) is 8.53. The lowest BCUT2D eigenvalue weighted by atomic mass is 9.96. The first-order chi connectivity index (χ1) is 13.6. The average molecular weight is 419 g/mol. The molecule has 0 bridgehead atoms. The molecule has 0 radical (unpaired) electrons. The highest BCUT2D eigenvalue weighted by atomic mass is 32.2. The molecule has 1 atom stereocenters. The Labute approximate surface area is 168 Å². The molecule has 2 aromatic heterocycles. The fourth-order valence-corrected chi connectivity index (χ4v) is 4.37. The molecule has 1 amide bonds. The van der Waals surface area contributed by atoms with Crippen LogP contribution >= 0.6 is 0 Å². The average Bonchev–Trinajstić information content (AvgIpc) is 2.67. The number of aromatic nitrogens is 3. The molecule has 3 rings (SSSR count). The van der Waals surface area contributed by atoms with Gasteiger partial charge in [-0.05, 0) is 25.5 Å². The topological polar surface area (TPSA) is 153 Å². The van der Waals surface area contributed by atoms with E-state index in [1.165, 1.54) is 26.6 Å². The summed E-state index contributed by atoms with van der Waals surface area (Å²) >= 11 is 0. The van der Waals surface area contributed by atoms with Crippen LogP contribution in [0.2, 0.25) is 0 Å². The van der Waals surface area contributed by atoms with Gasteiger partial charge in [-0.15, -0.1) is 0 Å². The lowest BCUT2D eigenvalue weighted by Gasteiger charge is -2.34. The molecular weight excluding hydrogens is 398 g/mol. The van der Waals surface area contributed by atoms with Gasteiger partial charge >= 0.3 is 0 Å². The molecule has 0 aromatic carbocycles. The summed E-state index contributed by atoms with van der Waals surface area (Å²) in [5.74, 6) is -0.440. The standard InChI is InChI=1S/C17H21N7O4S/c1-10-5-6-12(22-15(25)11-7-20-13(28-4)8-19-11)21-14(10)17(2)9-29(26,27)24(3)16(18)23-17/h5-8H,9H2,1-4H3,(H2,18,23)(H,21,22,25)/t17-/m0/s1. The van der Waals surface area contributed by atoms with Crippen molar-refractivity contribution in [3.05, 3.63) is 41.5 Å². The first kappa shape index (κ1) is 20.5. The van der Waals surface area contributed by atoms with Gasteiger partial charge in [0.05, 0.1) is 25.2 Å². The van der Waals surface area contributed by atoms with Gasteiger partial charge in [0, 0.05) is 7.05 Å². The summed E-state index contributed by atoms with van der Waals surface area (Å²) in [4.78, 5) is 29.1. The number of aliphatic imine (C=N–C) groups is 1. The maximum Gasteiger partial charge on any atom is 0.277 e. The molecule has 0 unspecified atom stereocenters. The van der Waals surface area contributed by atoms with E-state index in [1.54, 1.807) is 26.0 Å². The minimum absolute atomic E-state index is 0.0741. The van der Waals surface area contributed by atoms with Crippen molar-refractivity contribution in [2.75, 3.05) is 25.2 Å². The smallest absolute Gasteiger partial charge is 0.277 e. The van der Waals surface area contributed by atoms with Crippen LogP contribution in [0.4, 0.5) is 5.82 Å². The molecule has 1 aliphatic rings. The van der Waals surface area contributed by atoms with Crippen LogP contribution in [0.3, 0.4) is 0 Å². The fourth-order valence-electron chi connectivity index (χ4n) is 2.93. The Morgan fingerprint density at radius 1 is 1.31 bits per heavy atom. The zero-order valence-corrected chi connectivity index (χ0v) is 17.2. The molecule has 3 N–H and O–H groups in total. The van der Waals surface area contributed by atoms with Crippen molar-refractivity contribution in [2.24, 2.45) is 10.7 Å². The zero-order valence-electron chi connectivity index (χ0n) is 16.4. The number of hydrogen-bond acceptors (Lipinski definition) is 9. The Bertz CT molecular complexity index is 1090. The minimum Gasteiger partial charge on any atom is -0.480 e. The van der Waals surface area contributed by atoms with Gasteiger partial charge in [0.2, 0.25) is 21.9 Å². The summed E-state index contributed by atoms with van der Waals surface area (Å²) in [7, 11) is -0.856. The van der Waals surface area contributed by atoms with Gasteiger partial charge in [-0.1, -0.05) is 6.07 Å². The number of carbonyl (C=O) groups excluding carboxylic acids is 1. The van der Waals surface area contributed by atoms with E-state index in [2.05, 4.69) is 25.3 Å². The monoisotopic (exact) mass is 419 g/mol. The van der Waals surface area contributed by atoms with Crippen LogP contribution in [0.15, 0.2) is 29.5 Å². The molecule has 0 fully saturated rings. The van der Waals surface area contributed by atoms with Crippen molar-refractivity contribution < 1.29 is 17.9 Å². The van der Waals surface area contributed by atoms with Crippen LogP contribution in [0, 0.1) is 6.92 Å². The van der Waals surface area contributed by atoms with E-state index in [0.29, 0.717) is 11.3 Å². The van der Waals surface area contributed by atoms with E-state index >= 15 is 0 Å². The molecule has 0 aliphatic carbocycles. The Balaban J connectivity index is 1.93. The first-order valence-corrected chi connectivity index (χ1v) is 10.1. The number of pyridine rings is 1. The van der Waals surface area contributed by atoms with E-state index in [1.807, 2.05) is 0 Å². The maximum atomic E-state index is 12.4. The summed E-state index contributed by atoms with van der Waals surface area (Å²) in [6.45, 7) is 3.42. The third-order valence-electron chi connectivity index (χ3n) is 4.48. The second-order valence-electron chi connectivity index (χ2n) is 6.73. The van der Waals surface area contributed by atoms with E-state index in [9.17, 15) is 13.2 Å². The summed E-state index contributed by atoms with van der Waals surface area (Å²) in [5.41, 5.74) is 5.80. The van der Waals surface area contributed by atoms with Crippen molar-refractivity contribution >= 4 is 27.7 Å². The lowest BCUT2D eigenvalue weighted by Crippen LogP contribution is -2.50. The van der Waals surface area contributed by atoms with Gasteiger partial charge in [-0.3, -0.25) is 4.79 Å². The number of carbonyl (C=O) groups is 1. The summed E-state index contributed by atoms with van der Waals surface area (Å²) in [6, 6.07) is 3.33. The number of guanidine groups is 1. The number of methoxy groups -OCH3 is 1. The highest BCUT2D eigenvalue weighted by molar-refractivity contribution is 7.89. The number of anilines is 1. The summed E-state index contributed by atoms with van der Waals surface area (Å²) in [5, 5.41) is 2.63. The summed E-state index contributed by atoms with van der Waals surface area (Å²) in [6.07, 6.45) is 2.60. The van der Waals surface area contributed by atoms with Gasteiger partial charge in [0.15, 0.2) is 0 Å². The van der Waals surface area contributed by atoms with Gasteiger partial charge in [0.1, 0.15) is 22.8 Å². The second-order valence-corrected chi connectivity index (χ2v) is 8.73. The Morgan fingerprint density at radius 2 is 2.03 bits per heavy atom. The number of nitrogens with zero attached hydrogens (tertiary/aromatic N) is 5. The van der Waals surface area contributed by atoms with Crippen LogP contribution in [0.1, 0.15) is 28.7 Å². The fraction of sp³-hybridized carbons (Fsp3) is 0.353. The van der Waals surface area contributed by atoms with Gasteiger partial charge in [0.25, 0.3) is 5.91 Å². The molecule has 11 nitrogen and oxygen atoms in total. The highest BCUT2D eigenvalue weighted by Crippen LogP contribution is 2.33. The molecule has 29 heavy (non-hydrogen) atoms. The number of hydrogen-bond donors (Lipinski definition) is 2. The van der Waals surface area contributed by atoms with Crippen molar-refractivity contribution in [3.63, 3.8) is 0 Å². The van der Waals surface area contributed by atoms with Gasteiger partial charge < -0.3 is 15.8 Å². The molecule has 1 aliphatic heterocycles. The molecule has 0 saturated heterocycles. The molecule has 2 aromatic rings. The quantitative estimate of drug-likeness (QED) is 0.715. The van der Waals surface area contributed by atoms with Gasteiger partial charge in [-0.25, -0.2) is 32.7 Å². The third-order valence-corrected chi connectivity index (χ3v) is 6.43. The number of nitrogens with two attached hydrogens (primary N) is 1. The largest absolute Gasteiger partial charge is 0.480 e. The summed E-state index contributed by atoms with van der Waals surface area (Å²) < 4.78 is 30.7. The molecule has 12 heteroatoms. The SMILES string of the molecule is COc1cnc(C(=O)Nc2ccc(C)c([C@]3(C)CS(=O)(=O)N(C)C(N)=N3)n2)cn1. The number of ether oxygens (including phenoxy) is 1. The molecule has 0 spiro atoms. The van der Waals surface area contributed by atoms with Crippen LogP contribution in [0.5, 0.6) is 5.88 Å². The van der Waals surface area contributed by atoms with E-state index in [-0.39, 0.29) is 29.1 Å². The predicted molar refractivity (Wildman–Crippen MR) is 106 cm³/mol. The van der Waals surface area contributed by atoms with E-state index < -0.39 is 21.5 Å². The van der Waals surface area contributed by atoms with Crippen LogP contribution in [-0.4, -0.2) is 59.5 Å². The van der Waals surface area contributed by atoms with Crippen LogP contribution in [-0.2, 0) is 15.6 Å². The van der Waals surface area contributed by atoms with Crippen LogP contribution in [0.25, 0.3) is 0 Å². The molecule has 154 valence electrons. The highest BCUT2D eigenvalue weighted by Gasteiger charge is 2.42. The number of aryl methyl sites for hydroxylation is 1. The molecule has 3 heterocycles. The minimum atomic E-state index is -3.65. The van der Waals surface area contributed by atoms with E-state index in [4.69, 9.17) is 10.5 Å². The maximum absolute atomic E-state index is 12.4. The van der Waals surface area contributed by atoms with Crippen molar-refractivity contribution in [1.29, 1.82) is 0 Å². The Hall–Kier alpha value is -3.28. The zero-order chi connectivity index (χ0) is 21.4. The molecular formula is C17H21N7O4S. The van der Waals surface area contributed by atoms with Crippen LogP contribution < -0.4 is 15.8 Å². The number of nitrogens with one attached hydrogen (secondary N) is 1. The predicted octanol–water partition coefficient (Wildman–Crippen LogP) is 0.246. The molecule has 0 saturated carbocycles. The number of rotatable bonds is 4. The van der Waals surface area contributed by atoms with Crippen molar-refractivity contribution in [2.45, 2.75) is 19.4 Å². The van der Waals surface area contributed by atoms with E-state index in [0.717, 1.165) is 4.31 Å². The third kappa shape index (κ3) is 3.97. The van der Waals surface area contributed by atoms with Crippen molar-refractivity contribution in [1.82, 2.24) is 19.3 Å². The Kier molecular flexibility index (Phi) is 5.13. The second kappa shape index (κ2) is 7.28. The number of sulfonamides is 1. The normalized spacial score (nSPS) is 20.7. The van der Waals surface area contributed by atoms with Gasteiger partial charge in [-0.2, -0.15) is 0 Å².